The lowest BCUT2D eigenvalue weighted by atomic mass is 9.85. The summed E-state index contributed by atoms with van der Waals surface area (Å²) in [5.74, 6) is 0.363. The fourth-order valence-corrected chi connectivity index (χ4v) is 2.06. The molecule has 1 rings (SSSR count). The van der Waals surface area contributed by atoms with Gasteiger partial charge in [0.15, 0.2) is 8.24 Å². The highest BCUT2D eigenvalue weighted by atomic mass is 28.3. The van der Waals surface area contributed by atoms with Crippen molar-refractivity contribution in [1.82, 2.24) is 0 Å². The maximum atomic E-state index is 10.2. The van der Waals surface area contributed by atoms with Crippen molar-refractivity contribution in [3.63, 3.8) is 0 Å². The topological polar surface area (TPSA) is 32.6 Å². The van der Waals surface area contributed by atoms with Crippen LogP contribution in [0.25, 0.3) is 0 Å². The first-order chi connectivity index (χ1) is 7.61. The number of aromatic hydroxyl groups is 1. The van der Waals surface area contributed by atoms with Crippen LogP contribution in [-0.4, -0.2) is 19.6 Å². The molecular formula is C14H23NOSi. The molecule has 0 radical (unpaired) electrons. The van der Waals surface area contributed by atoms with Gasteiger partial charge in [0.25, 0.3) is 0 Å². The first-order valence-electron chi connectivity index (χ1n) is 5.99. The first-order valence-corrected chi connectivity index (χ1v) is 9.44. The second-order valence-electron chi connectivity index (χ2n) is 6.42. The molecule has 0 spiro atoms. The quantitative estimate of drug-likeness (QED) is 0.625. The molecule has 0 saturated heterocycles. The summed E-state index contributed by atoms with van der Waals surface area (Å²) in [6.07, 6.45) is 1.82. The Balaban J connectivity index is 3.17. The average molecular weight is 249 g/mol. The molecule has 1 aromatic carbocycles. The van der Waals surface area contributed by atoms with Gasteiger partial charge in [0.2, 0.25) is 0 Å². The molecule has 0 heterocycles. The van der Waals surface area contributed by atoms with E-state index in [0.717, 1.165) is 11.1 Å². The molecule has 0 aliphatic rings. The van der Waals surface area contributed by atoms with Crippen LogP contribution in [0.3, 0.4) is 0 Å². The molecular weight excluding hydrogens is 226 g/mol. The zero-order chi connectivity index (χ0) is 13.3. The third-order valence-corrected chi connectivity index (χ3v) is 3.37. The Morgan fingerprint density at radius 1 is 1.18 bits per heavy atom. The highest BCUT2D eigenvalue weighted by molar-refractivity contribution is 6.75. The molecule has 2 nitrogen and oxygen atoms in total. The van der Waals surface area contributed by atoms with Crippen LogP contribution in [0.15, 0.2) is 22.9 Å². The van der Waals surface area contributed by atoms with Crippen molar-refractivity contribution < 1.29 is 5.11 Å². The normalized spacial score (nSPS) is 13.3. The molecule has 0 aliphatic heterocycles. The van der Waals surface area contributed by atoms with Gasteiger partial charge in [-0.05, 0) is 36.7 Å². The molecule has 0 aromatic heterocycles. The summed E-state index contributed by atoms with van der Waals surface area (Å²) in [6.45, 7) is 12.8. The Kier molecular flexibility index (Phi) is 3.82. The molecule has 1 aromatic rings. The molecule has 1 N–H and O–H groups in total. The number of para-hydroxylation sites is 1. The van der Waals surface area contributed by atoms with Gasteiger partial charge in [0.1, 0.15) is 5.75 Å². The van der Waals surface area contributed by atoms with Gasteiger partial charge in [-0.2, -0.15) is 0 Å². The Hall–Kier alpha value is -1.09. The molecule has 0 bridgehead atoms. The Labute approximate surface area is 106 Å². The van der Waals surface area contributed by atoms with Gasteiger partial charge in [0.05, 0.1) is 0 Å². The number of nitrogens with zero attached hydrogens (tertiary/aromatic N) is 1. The standard InChI is InChI=1S/C14H23NOSi/c1-14(2,3)12-9-7-8-11(13(12)16)10-15-17(4,5)6/h7-10,16H,1-6H3. The van der Waals surface area contributed by atoms with Crippen molar-refractivity contribution in [1.29, 1.82) is 0 Å². The number of phenolic OH excluding ortho intramolecular Hbond substituents is 1. The Morgan fingerprint density at radius 2 is 1.76 bits per heavy atom. The summed E-state index contributed by atoms with van der Waals surface area (Å²) in [4.78, 5) is 0. The van der Waals surface area contributed by atoms with Crippen molar-refractivity contribution in [3.05, 3.63) is 29.3 Å². The van der Waals surface area contributed by atoms with Crippen LogP contribution in [0.1, 0.15) is 31.9 Å². The third kappa shape index (κ3) is 4.00. The first kappa shape index (κ1) is 14.0. The number of benzene rings is 1. The molecule has 3 heteroatoms. The minimum Gasteiger partial charge on any atom is -0.507 e. The lowest BCUT2D eigenvalue weighted by Crippen LogP contribution is -2.16. The SMILES string of the molecule is CC(C)(C)c1cccc(C=N[Si](C)(C)C)c1O. The van der Waals surface area contributed by atoms with Gasteiger partial charge in [-0.3, -0.25) is 0 Å². The van der Waals surface area contributed by atoms with Crippen molar-refractivity contribution in [2.75, 3.05) is 0 Å². The lowest BCUT2D eigenvalue weighted by Gasteiger charge is -2.21. The summed E-state index contributed by atoms with van der Waals surface area (Å²) >= 11 is 0. The van der Waals surface area contributed by atoms with E-state index >= 15 is 0 Å². The van der Waals surface area contributed by atoms with Gasteiger partial charge < -0.3 is 9.76 Å². The molecule has 0 amide bonds. The van der Waals surface area contributed by atoms with E-state index in [0.29, 0.717) is 5.75 Å². The van der Waals surface area contributed by atoms with E-state index in [1.807, 2.05) is 24.4 Å². The minimum atomic E-state index is -1.47. The second kappa shape index (κ2) is 4.65. The van der Waals surface area contributed by atoms with Gasteiger partial charge in [0, 0.05) is 11.8 Å². The van der Waals surface area contributed by atoms with Gasteiger partial charge in [-0.1, -0.05) is 32.9 Å². The van der Waals surface area contributed by atoms with Gasteiger partial charge >= 0.3 is 0 Å². The van der Waals surface area contributed by atoms with E-state index in [1.54, 1.807) is 0 Å². The molecule has 0 aliphatic carbocycles. The highest BCUT2D eigenvalue weighted by Gasteiger charge is 2.19. The molecule has 0 atom stereocenters. The predicted molar refractivity (Wildman–Crippen MR) is 77.7 cm³/mol. The van der Waals surface area contributed by atoms with Crippen molar-refractivity contribution in [3.8, 4) is 5.75 Å². The van der Waals surface area contributed by atoms with Gasteiger partial charge in [-0.15, -0.1) is 0 Å². The predicted octanol–water partition coefficient (Wildman–Crippen LogP) is 3.94. The van der Waals surface area contributed by atoms with Crippen molar-refractivity contribution >= 4 is 14.5 Å². The van der Waals surface area contributed by atoms with E-state index in [-0.39, 0.29) is 5.41 Å². The number of hydrogen-bond donors (Lipinski definition) is 1. The Bertz CT molecular complexity index is 425. The summed E-state index contributed by atoms with van der Waals surface area (Å²) in [5.41, 5.74) is 1.74. The third-order valence-electron chi connectivity index (χ3n) is 2.47. The molecule has 94 valence electrons. The summed E-state index contributed by atoms with van der Waals surface area (Å²) in [7, 11) is -1.47. The molecule has 0 saturated carbocycles. The van der Waals surface area contributed by atoms with Crippen molar-refractivity contribution in [2.24, 2.45) is 4.66 Å². The fourth-order valence-electron chi connectivity index (χ4n) is 1.53. The number of hydrogen-bond acceptors (Lipinski definition) is 2. The average Bonchev–Trinajstić information content (AvgIpc) is 2.13. The number of rotatable bonds is 2. The minimum absolute atomic E-state index is 0.0485. The second-order valence-corrected chi connectivity index (χ2v) is 11.0. The van der Waals surface area contributed by atoms with E-state index in [4.69, 9.17) is 0 Å². The lowest BCUT2D eigenvalue weighted by molar-refractivity contribution is 0.446. The van der Waals surface area contributed by atoms with E-state index in [2.05, 4.69) is 45.1 Å². The molecule has 0 fully saturated rings. The smallest absolute Gasteiger partial charge is 0.172 e. The van der Waals surface area contributed by atoms with Crippen LogP contribution >= 0.6 is 0 Å². The van der Waals surface area contributed by atoms with Crippen LogP contribution in [0.2, 0.25) is 19.6 Å². The largest absolute Gasteiger partial charge is 0.507 e. The Morgan fingerprint density at radius 3 is 2.24 bits per heavy atom. The molecule has 0 unspecified atom stereocenters. The summed E-state index contributed by atoms with van der Waals surface area (Å²) in [5, 5.41) is 10.2. The summed E-state index contributed by atoms with van der Waals surface area (Å²) < 4.78 is 4.56. The zero-order valence-electron chi connectivity index (χ0n) is 11.7. The van der Waals surface area contributed by atoms with E-state index < -0.39 is 8.24 Å². The highest BCUT2D eigenvalue weighted by Crippen LogP contribution is 2.32. The zero-order valence-corrected chi connectivity index (χ0v) is 12.7. The van der Waals surface area contributed by atoms with Crippen LogP contribution < -0.4 is 0 Å². The fraction of sp³-hybridized carbons (Fsp3) is 0.500. The number of phenols is 1. The maximum absolute atomic E-state index is 10.2. The van der Waals surface area contributed by atoms with E-state index in [1.165, 1.54) is 0 Å². The van der Waals surface area contributed by atoms with E-state index in [9.17, 15) is 5.11 Å². The van der Waals surface area contributed by atoms with Crippen LogP contribution in [0.5, 0.6) is 5.75 Å². The monoisotopic (exact) mass is 249 g/mol. The van der Waals surface area contributed by atoms with Crippen LogP contribution in [0, 0.1) is 0 Å². The molecule has 17 heavy (non-hydrogen) atoms. The summed E-state index contributed by atoms with van der Waals surface area (Å²) in [6, 6.07) is 5.86. The maximum Gasteiger partial charge on any atom is 0.172 e. The van der Waals surface area contributed by atoms with Crippen LogP contribution in [-0.2, 0) is 5.41 Å². The van der Waals surface area contributed by atoms with Crippen molar-refractivity contribution in [2.45, 2.75) is 45.8 Å². The van der Waals surface area contributed by atoms with Gasteiger partial charge in [-0.25, -0.2) is 0 Å². The van der Waals surface area contributed by atoms with Crippen LogP contribution in [0.4, 0.5) is 0 Å².